The van der Waals surface area contributed by atoms with E-state index in [-0.39, 0.29) is 6.61 Å². The summed E-state index contributed by atoms with van der Waals surface area (Å²) in [6.07, 6.45) is 4.22. The molecule has 2 rings (SSSR count). The molecule has 0 aliphatic carbocycles. The first kappa shape index (κ1) is 17.1. The van der Waals surface area contributed by atoms with Crippen LogP contribution in [0.1, 0.15) is 12.7 Å². The Hall–Kier alpha value is -3.22. The lowest BCUT2D eigenvalue weighted by Gasteiger charge is -2.11. The second-order valence-corrected chi connectivity index (χ2v) is 4.55. The molecule has 2 aromatic rings. The lowest BCUT2D eigenvalue weighted by atomic mass is 10.3. The molecular formula is C17H18N2O5. The number of rotatable bonds is 7. The van der Waals surface area contributed by atoms with E-state index >= 15 is 0 Å². The molecule has 7 heteroatoms. The molecule has 0 unspecified atom stereocenters. The number of nitrogens with one attached hydrogen (secondary N) is 2. The van der Waals surface area contributed by atoms with Crippen LogP contribution >= 0.6 is 0 Å². The first-order chi connectivity index (χ1) is 11.7. The van der Waals surface area contributed by atoms with Gasteiger partial charge < -0.3 is 13.9 Å². The highest BCUT2D eigenvalue weighted by Crippen LogP contribution is 2.26. The second-order valence-electron chi connectivity index (χ2n) is 4.55. The van der Waals surface area contributed by atoms with Crippen molar-refractivity contribution < 1.29 is 23.5 Å². The summed E-state index contributed by atoms with van der Waals surface area (Å²) in [5, 5.41) is 0. The SMILES string of the molecule is CCOc1ccccc1OCC(=O)NNC(=O)C=Cc1ccco1. The van der Waals surface area contributed by atoms with Crippen molar-refractivity contribution in [1.29, 1.82) is 0 Å². The summed E-state index contributed by atoms with van der Waals surface area (Å²) in [4.78, 5) is 23.2. The molecule has 1 aromatic carbocycles. The van der Waals surface area contributed by atoms with Gasteiger partial charge in [-0.15, -0.1) is 0 Å². The Morgan fingerprint density at radius 3 is 2.50 bits per heavy atom. The van der Waals surface area contributed by atoms with Crippen molar-refractivity contribution in [3.63, 3.8) is 0 Å². The third-order valence-electron chi connectivity index (χ3n) is 2.78. The van der Waals surface area contributed by atoms with Crippen molar-refractivity contribution in [2.75, 3.05) is 13.2 Å². The van der Waals surface area contributed by atoms with Gasteiger partial charge in [0, 0.05) is 6.08 Å². The van der Waals surface area contributed by atoms with Crippen LogP contribution in [0.3, 0.4) is 0 Å². The maximum absolute atomic E-state index is 11.7. The highest BCUT2D eigenvalue weighted by molar-refractivity contribution is 5.92. The fourth-order valence-corrected chi connectivity index (χ4v) is 1.74. The van der Waals surface area contributed by atoms with Crippen molar-refractivity contribution in [2.24, 2.45) is 0 Å². The topological polar surface area (TPSA) is 89.8 Å². The Labute approximate surface area is 139 Å². The monoisotopic (exact) mass is 330 g/mol. The van der Waals surface area contributed by atoms with E-state index in [2.05, 4.69) is 10.9 Å². The Morgan fingerprint density at radius 1 is 1.08 bits per heavy atom. The zero-order chi connectivity index (χ0) is 17.2. The Morgan fingerprint density at radius 2 is 1.83 bits per heavy atom. The van der Waals surface area contributed by atoms with Crippen molar-refractivity contribution in [3.05, 3.63) is 54.5 Å². The zero-order valence-electron chi connectivity index (χ0n) is 13.2. The van der Waals surface area contributed by atoms with E-state index in [1.165, 1.54) is 18.4 Å². The molecule has 1 heterocycles. The number of furan rings is 1. The van der Waals surface area contributed by atoms with E-state index in [0.29, 0.717) is 23.9 Å². The van der Waals surface area contributed by atoms with Crippen LogP contribution in [0.15, 0.2) is 53.2 Å². The summed E-state index contributed by atoms with van der Waals surface area (Å²) in [6, 6.07) is 10.4. The summed E-state index contributed by atoms with van der Waals surface area (Å²) < 4.78 is 15.8. The highest BCUT2D eigenvalue weighted by atomic mass is 16.5. The molecule has 7 nitrogen and oxygen atoms in total. The Balaban J connectivity index is 1.74. The molecule has 126 valence electrons. The van der Waals surface area contributed by atoms with Gasteiger partial charge >= 0.3 is 0 Å². The van der Waals surface area contributed by atoms with Gasteiger partial charge in [0.1, 0.15) is 5.76 Å². The quantitative estimate of drug-likeness (QED) is 0.598. The standard InChI is InChI=1S/C17H18N2O5/c1-2-22-14-7-3-4-8-15(14)24-12-17(21)19-18-16(20)10-9-13-6-5-11-23-13/h3-11H,2,12H2,1H3,(H,18,20)(H,19,21). The number of carbonyl (C=O) groups excluding carboxylic acids is 2. The molecule has 0 atom stereocenters. The minimum absolute atomic E-state index is 0.258. The number of hydrogen-bond acceptors (Lipinski definition) is 5. The van der Waals surface area contributed by atoms with Crippen LogP contribution < -0.4 is 20.3 Å². The molecule has 0 radical (unpaired) electrons. The molecule has 2 N–H and O–H groups in total. The number of benzene rings is 1. The fourth-order valence-electron chi connectivity index (χ4n) is 1.74. The molecule has 1 aromatic heterocycles. The van der Waals surface area contributed by atoms with Crippen LogP contribution in [-0.4, -0.2) is 25.0 Å². The van der Waals surface area contributed by atoms with E-state index in [1.54, 1.807) is 30.3 Å². The summed E-state index contributed by atoms with van der Waals surface area (Å²) in [7, 11) is 0. The van der Waals surface area contributed by atoms with E-state index in [4.69, 9.17) is 13.9 Å². The van der Waals surface area contributed by atoms with Gasteiger partial charge in [0.2, 0.25) is 0 Å². The molecule has 0 spiro atoms. The summed E-state index contributed by atoms with van der Waals surface area (Å²) in [6.45, 7) is 2.09. The lowest BCUT2D eigenvalue weighted by molar-refractivity contribution is -0.128. The number of carbonyl (C=O) groups is 2. The molecule has 2 amide bonds. The molecule has 0 fully saturated rings. The van der Waals surface area contributed by atoms with Gasteiger partial charge in [-0.2, -0.15) is 0 Å². The molecule has 0 saturated heterocycles. The van der Waals surface area contributed by atoms with Gasteiger partial charge in [-0.25, -0.2) is 0 Å². The van der Waals surface area contributed by atoms with Crippen LogP contribution in [0.2, 0.25) is 0 Å². The fraction of sp³-hybridized carbons (Fsp3) is 0.176. The molecule has 0 aliphatic heterocycles. The Bertz CT molecular complexity index is 695. The van der Waals surface area contributed by atoms with Crippen LogP contribution in [0.4, 0.5) is 0 Å². The smallest absolute Gasteiger partial charge is 0.276 e. The van der Waals surface area contributed by atoms with E-state index in [0.717, 1.165) is 0 Å². The number of amides is 2. The maximum Gasteiger partial charge on any atom is 0.276 e. The molecule has 0 aliphatic rings. The van der Waals surface area contributed by atoms with Gasteiger partial charge in [-0.3, -0.25) is 20.4 Å². The van der Waals surface area contributed by atoms with Crippen LogP contribution in [0.5, 0.6) is 11.5 Å². The summed E-state index contributed by atoms with van der Waals surface area (Å²) in [5.74, 6) is 0.555. The normalized spacial score (nSPS) is 10.4. The summed E-state index contributed by atoms with van der Waals surface area (Å²) >= 11 is 0. The minimum atomic E-state index is -0.499. The average Bonchev–Trinajstić information content (AvgIpc) is 3.11. The zero-order valence-corrected chi connectivity index (χ0v) is 13.2. The van der Waals surface area contributed by atoms with Crippen molar-refractivity contribution in [2.45, 2.75) is 6.92 Å². The first-order valence-corrected chi connectivity index (χ1v) is 7.34. The van der Waals surface area contributed by atoms with Crippen LogP contribution in [0, 0.1) is 0 Å². The second kappa shape index (κ2) is 9.04. The first-order valence-electron chi connectivity index (χ1n) is 7.34. The van der Waals surface area contributed by atoms with Gasteiger partial charge in [0.25, 0.3) is 11.8 Å². The predicted molar refractivity (Wildman–Crippen MR) is 87.1 cm³/mol. The summed E-state index contributed by atoms with van der Waals surface area (Å²) in [5.41, 5.74) is 4.49. The molecular weight excluding hydrogens is 312 g/mol. The molecule has 24 heavy (non-hydrogen) atoms. The lowest BCUT2D eigenvalue weighted by Crippen LogP contribution is -2.43. The molecule has 0 bridgehead atoms. The van der Waals surface area contributed by atoms with Gasteiger partial charge in [0.05, 0.1) is 12.9 Å². The third kappa shape index (κ3) is 5.53. The third-order valence-corrected chi connectivity index (χ3v) is 2.78. The van der Waals surface area contributed by atoms with Crippen molar-refractivity contribution >= 4 is 17.9 Å². The van der Waals surface area contributed by atoms with E-state index in [9.17, 15) is 9.59 Å². The predicted octanol–water partition coefficient (Wildman–Crippen LogP) is 1.92. The van der Waals surface area contributed by atoms with E-state index < -0.39 is 11.8 Å². The van der Waals surface area contributed by atoms with Crippen LogP contribution in [0.25, 0.3) is 6.08 Å². The van der Waals surface area contributed by atoms with Crippen molar-refractivity contribution in [1.82, 2.24) is 10.9 Å². The Kier molecular flexibility index (Phi) is 6.46. The maximum atomic E-state index is 11.7. The van der Waals surface area contributed by atoms with Gasteiger partial charge in [-0.1, -0.05) is 12.1 Å². The number of hydrazine groups is 1. The average molecular weight is 330 g/mol. The highest BCUT2D eigenvalue weighted by Gasteiger charge is 2.07. The number of ether oxygens (including phenoxy) is 2. The number of hydrogen-bond donors (Lipinski definition) is 2. The van der Waals surface area contributed by atoms with Gasteiger partial charge in [-0.05, 0) is 37.3 Å². The largest absolute Gasteiger partial charge is 0.490 e. The van der Waals surface area contributed by atoms with E-state index in [1.807, 2.05) is 13.0 Å². The van der Waals surface area contributed by atoms with Crippen molar-refractivity contribution in [3.8, 4) is 11.5 Å². The molecule has 0 saturated carbocycles. The minimum Gasteiger partial charge on any atom is -0.490 e. The van der Waals surface area contributed by atoms with Gasteiger partial charge in [0.15, 0.2) is 18.1 Å². The van der Waals surface area contributed by atoms with Crippen LogP contribution in [-0.2, 0) is 9.59 Å². The number of para-hydroxylation sites is 2.